The minimum Gasteiger partial charge on any atom is -0.0622 e. The van der Waals surface area contributed by atoms with Gasteiger partial charge in [-0.2, -0.15) is 0 Å². The summed E-state index contributed by atoms with van der Waals surface area (Å²) in [5, 5.41) is 0. The molecule has 0 bridgehead atoms. The molecule has 0 heterocycles. The van der Waals surface area contributed by atoms with E-state index < -0.39 is 0 Å². The van der Waals surface area contributed by atoms with Crippen molar-refractivity contribution >= 4 is 12.2 Å². The van der Waals surface area contributed by atoms with E-state index in [1.807, 2.05) is 36.4 Å². The summed E-state index contributed by atoms with van der Waals surface area (Å²) in [7, 11) is 0. The van der Waals surface area contributed by atoms with Crippen molar-refractivity contribution in [2.75, 3.05) is 0 Å². The molecule has 0 aromatic heterocycles. The molecule has 0 unspecified atom stereocenters. The van der Waals surface area contributed by atoms with Crippen molar-refractivity contribution in [1.29, 1.82) is 0 Å². The molecule has 0 spiro atoms. The zero-order valence-corrected chi connectivity index (χ0v) is 7.93. The molecule has 0 aliphatic rings. The fourth-order valence-electron chi connectivity index (χ4n) is 1.32. The molecule has 2 rings (SSSR count). The van der Waals surface area contributed by atoms with E-state index in [0.29, 0.717) is 0 Å². The summed E-state index contributed by atoms with van der Waals surface area (Å²) in [6.07, 6.45) is 4.24. The minimum atomic E-state index is 1.23. The molecular formula is C14H12. The molecule has 0 aliphatic heterocycles. The smallest absolute Gasteiger partial charge is 0.0256 e. The van der Waals surface area contributed by atoms with Gasteiger partial charge in [-0.25, -0.2) is 0 Å². The Morgan fingerprint density at radius 2 is 0.857 bits per heavy atom. The van der Waals surface area contributed by atoms with Crippen molar-refractivity contribution in [1.82, 2.24) is 0 Å². The minimum absolute atomic E-state index is 1.23. The van der Waals surface area contributed by atoms with E-state index in [2.05, 4.69) is 36.4 Å². The van der Waals surface area contributed by atoms with Crippen molar-refractivity contribution in [3.8, 4) is 0 Å². The summed E-state index contributed by atoms with van der Waals surface area (Å²) in [5.74, 6) is 0. The number of benzene rings is 2. The number of rotatable bonds is 2. The van der Waals surface area contributed by atoms with Crippen LogP contribution in [0.1, 0.15) is 11.1 Å². The van der Waals surface area contributed by atoms with E-state index in [1.54, 1.807) is 0 Å². The van der Waals surface area contributed by atoms with Crippen LogP contribution in [0.3, 0.4) is 0 Å². The maximum Gasteiger partial charge on any atom is -0.0256 e. The summed E-state index contributed by atoms with van der Waals surface area (Å²) in [6, 6.07) is 20.6. The predicted molar refractivity (Wildman–Crippen MR) is 61.8 cm³/mol. The highest BCUT2D eigenvalue weighted by Crippen LogP contribution is 2.06. The Balaban J connectivity index is 2.16. The maximum atomic E-state index is 2.12. The first-order valence-electron chi connectivity index (χ1n) is 4.73. The Hall–Kier alpha value is -1.82. The van der Waals surface area contributed by atoms with E-state index in [0.717, 1.165) is 0 Å². The van der Waals surface area contributed by atoms with E-state index >= 15 is 0 Å². The van der Waals surface area contributed by atoms with Gasteiger partial charge in [-0.15, -0.1) is 0 Å². The van der Waals surface area contributed by atoms with Crippen LogP contribution in [-0.4, -0.2) is 0 Å². The molecule has 14 heavy (non-hydrogen) atoms. The molecule has 0 saturated carbocycles. The Morgan fingerprint density at radius 3 is 1.21 bits per heavy atom. The summed E-state index contributed by atoms with van der Waals surface area (Å²) < 4.78 is 0. The average Bonchev–Trinajstić information content (AvgIpc) is 2.29. The second kappa shape index (κ2) is 4.43. The number of hydrogen-bond donors (Lipinski definition) is 0. The van der Waals surface area contributed by atoms with Crippen LogP contribution in [0.2, 0.25) is 0 Å². The molecule has 0 amide bonds. The Bertz CT molecular complexity index is 357. The van der Waals surface area contributed by atoms with E-state index in [-0.39, 0.29) is 0 Å². The SMILES string of the molecule is c1ccc(/[13CH]=[13CH]/c2ccccc2)cc1. The van der Waals surface area contributed by atoms with Crippen LogP contribution in [0.4, 0.5) is 0 Å². The monoisotopic (exact) mass is 182 g/mol. The molecule has 68 valence electrons. The van der Waals surface area contributed by atoms with Crippen LogP contribution >= 0.6 is 0 Å². The first kappa shape index (κ1) is 8.76. The molecule has 0 fully saturated rings. The first-order chi connectivity index (χ1) is 6.95. The molecular weight excluding hydrogens is 170 g/mol. The van der Waals surface area contributed by atoms with Crippen LogP contribution in [-0.2, 0) is 0 Å². The van der Waals surface area contributed by atoms with Gasteiger partial charge in [-0.05, 0) is 11.1 Å². The number of hydrogen-bond acceptors (Lipinski definition) is 0. The molecule has 0 N–H and O–H groups in total. The van der Waals surface area contributed by atoms with Crippen molar-refractivity contribution in [3.63, 3.8) is 0 Å². The van der Waals surface area contributed by atoms with Crippen LogP contribution < -0.4 is 0 Å². The second-order valence-electron chi connectivity index (χ2n) is 3.15. The third kappa shape index (κ3) is 2.33. The van der Waals surface area contributed by atoms with E-state index in [9.17, 15) is 0 Å². The second-order valence-corrected chi connectivity index (χ2v) is 3.15. The molecule has 0 nitrogen and oxygen atoms in total. The Morgan fingerprint density at radius 1 is 0.500 bits per heavy atom. The van der Waals surface area contributed by atoms with Crippen LogP contribution in [0.15, 0.2) is 60.7 Å². The zero-order chi connectivity index (χ0) is 9.64. The predicted octanol–water partition coefficient (Wildman–Crippen LogP) is 3.86. The fraction of sp³-hybridized carbons (Fsp3) is 0. The largest absolute Gasteiger partial charge is 0.0622 e. The lowest BCUT2D eigenvalue weighted by Gasteiger charge is -1.92. The van der Waals surface area contributed by atoms with Gasteiger partial charge in [0.1, 0.15) is 0 Å². The lowest BCUT2D eigenvalue weighted by atomic mass is 10.3. The van der Waals surface area contributed by atoms with Gasteiger partial charge in [0.05, 0.1) is 0 Å². The Labute approximate surface area is 84.5 Å². The molecule has 2 aromatic rings. The van der Waals surface area contributed by atoms with Crippen LogP contribution in [0.5, 0.6) is 0 Å². The van der Waals surface area contributed by atoms with Gasteiger partial charge in [-0.1, -0.05) is 72.8 Å². The lowest BCUT2D eigenvalue weighted by molar-refractivity contribution is 1.65. The first-order valence-corrected chi connectivity index (χ1v) is 4.73. The zero-order valence-electron chi connectivity index (χ0n) is 7.93. The molecule has 0 atom stereocenters. The van der Waals surface area contributed by atoms with Gasteiger partial charge >= 0.3 is 0 Å². The lowest BCUT2D eigenvalue weighted by Crippen LogP contribution is -1.70. The van der Waals surface area contributed by atoms with Gasteiger partial charge in [0.15, 0.2) is 0 Å². The van der Waals surface area contributed by atoms with Gasteiger partial charge in [0.25, 0.3) is 0 Å². The molecule has 2 aromatic carbocycles. The van der Waals surface area contributed by atoms with Gasteiger partial charge in [0, 0.05) is 0 Å². The molecule has 0 heteroatoms. The fourth-order valence-corrected chi connectivity index (χ4v) is 1.32. The van der Waals surface area contributed by atoms with Crippen LogP contribution in [0, 0.1) is 0 Å². The highest BCUT2D eigenvalue weighted by atomic mass is 14.3. The molecule has 0 aliphatic carbocycles. The van der Waals surface area contributed by atoms with Gasteiger partial charge < -0.3 is 0 Å². The highest BCUT2D eigenvalue weighted by Gasteiger charge is 1.84. The average molecular weight is 182 g/mol. The topological polar surface area (TPSA) is 0 Å². The molecule has 0 saturated heterocycles. The van der Waals surface area contributed by atoms with Crippen molar-refractivity contribution < 1.29 is 0 Å². The van der Waals surface area contributed by atoms with Gasteiger partial charge in [0.2, 0.25) is 0 Å². The Kier molecular flexibility index (Phi) is 2.77. The molecule has 0 radical (unpaired) electrons. The summed E-state index contributed by atoms with van der Waals surface area (Å²) in [4.78, 5) is 0. The normalized spacial score (nSPS) is 10.6. The summed E-state index contributed by atoms with van der Waals surface area (Å²) in [6.45, 7) is 0. The standard InChI is InChI=1S/C14H12/c1-3-7-13(8-4-1)11-12-14-9-5-2-6-10-14/h1-12H/b12-11+/i11+1,12+1. The summed E-state index contributed by atoms with van der Waals surface area (Å²) in [5.41, 5.74) is 2.47. The van der Waals surface area contributed by atoms with Crippen LogP contribution in [0.25, 0.3) is 12.2 Å². The van der Waals surface area contributed by atoms with Crippen molar-refractivity contribution in [3.05, 3.63) is 71.8 Å². The maximum absolute atomic E-state index is 2.12. The quantitative estimate of drug-likeness (QED) is 0.488. The highest BCUT2D eigenvalue weighted by molar-refractivity contribution is 5.69. The van der Waals surface area contributed by atoms with Gasteiger partial charge in [-0.3, -0.25) is 0 Å². The van der Waals surface area contributed by atoms with Crippen molar-refractivity contribution in [2.45, 2.75) is 0 Å². The van der Waals surface area contributed by atoms with E-state index in [1.165, 1.54) is 11.1 Å². The third-order valence-electron chi connectivity index (χ3n) is 2.07. The van der Waals surface area contributed by atoms with E-state index in [4.69, 9.17) is 0 Å². The summed E-state index contributed by atoms with van der Waals surface area (Å²) >= 11 is 0. The van der Waals surface area contributed by atoms with Crippen molar-refractivity contribution in [2.24, 2.45) is 0 Å². The third-order valence-corrected chi connectivity index (χ3v) is 2.07.